The van der Waals surface area contributed by atoms with Crippen LogP contribution in [0.2, 0.25) is 0 Å². The van der Waals surface area contributed by atoms with E-state index < -0.39 is 23.3 Å². The fourth-order valence-electron chi connectivity index (χ4n) is 2.63. The molecule has 0 N–H and O–H groups in total. The maximum absolute atomic E-state index is 12.2. The quantitative estimate of drug-likeness (QED) is 0.237. The Bertz CT molecular complexity index is 1060. The third kappa shape index (κ3) is 5.51. The number of benzene rings is 3. The van der Waals surface area contributed by atoms with Gasteiger partial charge < -0.3 is 9.47 Å². The highest BCUT2D eigenvalue weighted by molar-refractivity contribution is 5.99. The molecule has 152 valence electrons. The third-order valence-corrected chi connectivity index (χ3v) is 4.33. The molecule has 0 aliphatic heterocycles. The van der Waals surface area contributed by atoms with Crippen molar-refractivity contribution in [3.8, 4) is 5.75 Å². The molecule has 0 aromatic heterocycles. The summed E-state index contributed by atoms with van der Waals surface area (Å²) in [5.74, 6) is -0.418. The van der Waals surface area contributed by atoms with E-state index in [1.165, 1.54) is 18.2 Å². The molecule has 0 spiro atoms. The molecule has 0 saturated heterocycles. The van der Waals surface area contributed by atoms with E-state index in [-0.39, 0.29) is 11.3 Å². The summed E-state index contributed by atoms with van der Waals surface area (Å²) in [4.78, 5) is 34.5. The van der Waals surface area contributed by atoms with Crippen LogP contribution >= 0.6 is 0 Å². The van der Waals surface area contributed by atoms with E-state index in [1.54, 1.807) is 24.3 Å². The second kappa shape index (κ2) is 9.47. The number of aryl methyl sites for hydroxylation is 1. The van der Waals surface area contributed by atoms with Crippen molar-refractivity contribution in [1.29, 1.82) is 0 Å². The molecule has 0 bridgehead atoms. The van der Waals surface area contributed by atoms with Crippen LogP contribution in [0.25, 0.3) is 0 Å². The number of carbonyl (C=O) groups is 2. The molecule has 3 aromatic carbocycles. The molecule has 0 aliphatic rings. The lowest BCUT2D eigenvalue weighted by molar-refractivity contribution is -0.384. The van der Waals surface area contributed by atoms with Gasteiger partial charge in [-0.05, 0) is 36.8 Å². The van der Waals surface area contributed by atoms with Crippen LogP contribution in [0.4, 0.5) is 5.69 Å². The Hall–Kier alpha value is -4.00. The zero-order valence-corrected chi connectivity index (χ0v) is 16.2. The predicted molar refractivity (Wildman–Crippen MR) is 110 cm³/mol. The van der Waals surface area contributed by atoms with Crippen molar-refractivity contribution in [2.24, 2.45) is 0 Å². The molecular weight excluding hydrogens is 386 g/mol. The zero-order valence-electron chi connectivity index (χ0n) is 16.2. The van der Waals surface area contributed by atoms with E-state index in [2.05, 4.69) is 0 Å². The maximum Gasteiger partial charge on any atom is 0.338 e. The standard InChI is InChI=1S/C23H19NO6/c1-16-5-11-21(12-6-16)29-14-17-7-9-18(10-8-17)23(26)30-15-22(25)19-3-2-4-20(13-19)24(27)28/h2-13H,14-15H2,1H3. The normalized spacial score (nSPS) is 10.3. The van der Waals surface area contributed by atoms with Gasteiger partial charge in [-0.1, -0.05) is 42.0 Å². The topological polar surface area (TPSA) is 95.7 Å². The number of rotatable bonds is 8. The molecule has 0 unspecified atom stereocenters. The van der Waals surface area contributed by atoms with Gasteiger partial charge in [-0.3, -0.25) is 14.9 Å². The summed E-state index contributed by atoms with van der Waals surface area (Å²) in [7, 11) is 0. The van der Waals surface area contributed by atoms with Crippen molar-refractivity contribution in [3.05, 3.63) is 105 Å². The summed E-state index contributed by atoms with van der Waals surface area (Å²) in [6, 6.07) is 19.6. The maximum atomic E-state index is 12.2. The van der Waals surface area contributed by atoms with Gasteiger partial charge in [-0.2, -0.15) is 0 Å². The molecule has 0 atom stereocenters. The molecule has 0 amide bonds. The third-order valence-electron chi connectivity index (χ3n) is 4.33. The number of nitro benzene ring substituents is 1. The van der Waals surface area contributed by atoms with Crippen LogP contribution in [-0.2, 0) is 11.3 Å². The number of carbonyl (C=O) groups excluding carboxylic acids is 2. The minimum absolute atomic E-state index is 0.112. The Morgan fingerprint density at radius 2 is 1.63 bits per heavy atom. The van der Waals surface area contributed by atoms with Gasteiger partial charge in [0, 0.05) is 17.7 Å². The number of non-ortho nitro benzene ring substituents is 1. The second-order valence-electron chi connectivity index (χ2n) is 6.61. The minimum atomic E-state index is -0.653. The molecule has 0 heterocycles. The molecule has 7 nitrogen and oxygen atoms in total. The van der Waals surface area contributed by atoms with Crippen LogP contribution in [-0.4, -0.2) is 23.3 Å². The van der Waals surface area contributed by atoms with E-state index in [0.717, 1.165) is 22.9 Å². The van der Waals surface area contributed by atoms with Gasteiger partial charge in [0.1, 0.15) is 12.4 Å². The summed E-state index contributed by atoms with van der Waals surface area (Å²) in [6.45, 7) is 1.85. The summed E-state index contributed by atoms with van der Waals surface area (Å²) < 4.78 is 10.7. The average Bonchev–Trinajstić information content (AvgIpc) is 2.77. The van der Waals surface area contributed by atoms with E-state index in [0.29, 0.717) is 12.2 Å². The van der Waals surface area contributed by atoms with Crippen LogP contribution in [0, 0.1) is 17.0 Å². The van der Waals surface area contributed by atoms with Crippen molar-refractivity contribution in [2.75, 3.05) is 6.61 Å². The summed E-state index contributed by atoms with van der Waals surface area (Å²) in [6.07, 6.45) is 0. The highest BCUT2D eigenvalue weighted by atomic mass is 16.6. The van der Waals surface area contributed by atoms with Crippen molar-refractivity contribution in [1.82, 2.24) is 0 Å². The first-order valence-corrected chi connectivity index (χ1v) is 9.15. The van der Waals surface area contributed by atoms with Crippen LogP contribution in [0.1, 0.15) is 31.8 Å². The lowest BCUT2D eigenvalue weighted by Gasteiger charge is -2.08. The van der Waals surface area contributed by atoms with Crippen molar-refractivity contribution in [3.63, 3.8) is 0 Å². The highest BCUT2D eigenvalue weighted by Gasteiger charge is 2.14. The summed E-state index contributed by atoms with van der Waals surface area (Å²) in [5, 5.41) is 10.8. The zero-order chi connectivity index (χ0) is 21.5. The first-order chi connectivity index (χ1) is 14.4. The van der Waals surface area contributed by atoms with Gasteiger partial charge in [-0.15, -0.1) is 0 Å². The fourth-order valence-corrected chi connectivity index (χ4v) is 2.63. The van der Waals surface area contributed by atoms with E-state index in [9.17, 15) is 19.7 Å². The molecule has 3 rings (SSSR count). The first-order valence-electron chi connectivity index (χ1n) is 9.15. The lowest BCUT2D eigenvalue weighted by Crippen LogP contribution is -2.14. The molecule has 30 heavy (non-hydrogen) atoms. The van der Waals surface area contributed by atoms with E-state index in [1.807, 2.05) is 31.2 Å². The minimum Gasteiger partial charge on any atom is -0.489 e. The Morgan fingerprint density at radius 3 is 2.30 bits per heavy atom. The van der Waals surface area contributed by atoms with Gasteiger partial charge in [0.05, 0.1) is 10.5 Å². The van der Waals surface area contributed by atoms with Crippen LogP contribution < -0.4 is 4.74 Å². The molecular formula is C23H19NO6. The number of hydrogen-bond donors (Lipinski definition) is 0. The van der Waals surface area contributed by atoms with Crippen LogP contribution in [0.5, 0.6) is 5.75 Å². The average molecular weight is 405 g/mol. The second-order valence-corrected chi connectivity index (χ2v) is 6.61. The number of nitrogens with zero attached hydrogens (tertiary/aromatic N) is 1. The number of ether oxygens (including phenoxy) is 2. The van der Waals surface area contributed by atoms with Crippen LogP contribution in [0.15, 0.2) is 72.8 Å². The summed E-state index contributed by atoms with van der Waals surface area (Å²) >= 11 is 0. The molecule has 0 aliphatic carbocycles. The van der Waals surface area contributed by atoms with Crippen molar-refractivity contribution in [2.45, 2.75) is 13.5 Å². The van der Waals surface area contributed by atoms with Crippen LogP contribution in [0.3, 0.4) is 0 Å². The van der Waals surface area contributed by atoms with Gasteiger partial charge in [0.25, 0.3) is 5.69 Å². The number of Topliss-reactive ketones (excluding diaryl/α,β-unsaturated/α-hetero) is 1. The number of nitro groups is 1. The summed E-state index contributed by atoms with van der Waals surface area (Å²) in [5.41, 5.74) is 2.23. The largest absolute Gasteiger partial charge is 0.489 e. The Labute approximate surface area is 173 Å². The SMILES string of the molecule is Cc1ccc(OCc2ccc(C(=O)OCC(=O)c3cccc([N+](=O)[O-])c3)cc2)cc1. The van der Waals surface area contributed by atoms with Gasteiger partial charge in [-0.25, -0.2) is 4.79 Å². The van der Waals surface area contributed by atoms with Gasteiger partial charge in [0.15, 0.2) is 6.61 Å². The van der Waals surface area contributed by atoms with E-state index >= 15 is 0 Å². The Kier molecular flexibility index (Phi) is 6.54. The molecule has 3 aromatic rings. The predicted octanol–water partition coefficient (Wildman–Crippen LogP) is 4.52. The number of hydrogen-bond acceptors (Lipinski definition) is 6. The monoisotopic (exact) mass is 405 g/mol. The first kappa shape index (κ1) is 20.7. The van der Waals surface area contributed by atoms with Crippen molar-refractivity contribution >= 4 is 17.4 Å². The van der Waals surface area contributed by atoms with Crippen molar-refractivity contribution < 1.29 is 24.0 Å². The van der Waals surface area contributed by atoms with Gasteiger partial charge in [0.2, 0.25) is 5.78 Å². The Morgan fingerprint density at radius 1 is 0.933 bits per heavy atom. The van der Waals surface area contributed by atoms with E-state index in [4.69, 9.17) is 9.47 Å². The lowest BCUT2D eigenvalue weighted by atomic mass is 10.1. The Balaban J connectivity index is 1.53. The fraction of sp³-hybridized carbons (Fsp3) is 0.130. The number of esters is 1. The molecule has 0 saturated carbocycles. The highest BCUT2D eigenvalue weighted by Crippen LogP contribution is 2.16. The molecule has 0 radical (unpaired) electrons. The molecule has 7 heteroatoms. The smallest absolute Gasteiger partial charge is 0.338 e. The van der Waals surface area contributed by atoms with Gasteiger partial charge >= 0.3 is 5.97 Å². The molecule has 0 fully saturated rings. The number of ketones is 1.